The van der Waals surface area contributed by atoms with E-state index in [1.807, 2.05) is 0 Å². The molecule has 116 valence electrons. The predicted octanol–water partition coefficient (Wildman–Crippen LogP) is -0.0771. The molecule has 0 spiro atoms. The van der Waals surface area contributed by atoms with Crippen LogP contribution >= 0.6 is 7.82 Å². The van der Waals surface area contributed by atoms with E-state index in [0.29, 0.717) is 29.9 Å². The number of fused-ring (bicyclic) bond motifs is 1. The maximum atomic E-state index is 10.7. The third kappa shape index (κ3) is 4.19. The van der Waals surface area contributed by atoms with E-state index in [-0.39, 0.29) is 6.61 Å². The van der Waals surface area contributed by atoms with Gasteiger partial charge in [-0.3, -0.25) is 4.52 Å². The van der Waals surface area contributed by atoms with Crippen LogP contribution < -0.4 is 5.73 Å². The van der Waals surface area contributed by atoms with Gasteiger partial charge in [-0.2, -0.15) is 0 Å². The summed E-state index contributed by atoms with van der Waals surface area (Å²) in [5.41, 5.74) is 6.79. The SMILES string of the molecule is COC(CCn1cnc2c(N)ncnc21)COP(=O)(O)O. The second-order valence-electron chi connectivity index (χ2n) is 4.30. The number of phosphoric acid groups is 1. The number of hydrogen-bond donors (Lipinski definition) is 3. The number of aryl methyl sites for hydroxylation is 1. The van der Waals surface area contributed by atoms with E-state index in [1.54, 1.807) is 10.9 Å². The van der Waals surface area contributed by atoms with E-state index in [9.17, 15) is 4.57 Å². The molecule has 0 saturated heterocycles. The maximum Gasteiger partial charge on any atom is 0.469 e. The molecule has 0 aliphatic heterocycles. The van der Waals surface area contributed by atoms with Gasteiger partial charge in [0.15, 0.2) is 11.5 Å². The highest BCUT2D eigenvalue weighted by Crippen LogP contribution is 2.36. The topological polar surface area (TPSA) is 146 Å². The van der Waals surface area contributed by atoms with Gasteiger partial charge < -0.3 is 24.8 Å². The molecule has 10 nitrogen and oxygen atoms in total. The summed E-state index contributed by atoms with van der Waals surface area (Å²) in [4.78, 5) is 29.4. The fourth-order valence-electron chi connectivity index (χ4n) is 1.79. The van der Waals surface area contributed by atoms with Crippen molar-refractivity contribution in [3.8, 4) is 0 Å². The van der Waals surface area contributed by atoms with Crippen molar-refractivity contribution in [2.24, 2.45) is 0 Å². The Labute approximate surface area is 120 Å². The Hall–Kier alpha value is -1.58. The molecular formula is C10H16N5O5P. The molecule has 11 heteroatoms. The van der Waals surface area contributed by atoms with Crippen molar-refractivity contribution in [1.29, 1.82) is 0 Å². The number of nitrogens with zero attached hydrogens (tertiary/aromatic N) is 4. The number of nitrogen functional groups attached to an aromatic ring is 1. The largest absolute Gasteiger partial charge is 0.469 e. The first-order valence-corrected chi connectivity index (χ1v) is 7.58. The van der Waals surface area contributed by atoms with Crippen LogP contribution in [0.15, 0.2) is 12.7 Å². The molecule has 0 amide bonds. The Kier molecular flexibility index (Phi) is 4.86. The molecule has 0 saturated carbocycles. The molecule has 1 unspecified atom stereocenters. The lowest BCUT2D eigenvalue weighted by Crippen LogP contribution is -2.20. The van der Waals surface area contributed by atoms with E-state index in [4.69, 9.17) is 20.3 Å². The third-order valence-corrected chi connectivity index (χ3v) is 3.37. The normalized spacial score (nSPS) is 13.7. The highest BCUT2D eigenvalue weighted by molar-refractivity contribution is 7.46. The lowest BCUT2D eigenvalue weighted by Gasteiger charge is -2.16. The number of phosphoric ester groups is 1. The Morgan fingerprint density at radius 3 is 2.86 bits per heavy atom. The van der Waals surface area contributed by atoms with Gasteiger partial charge >= 0.3 is 7.82 Å². The third-order valence-electron chi connectivity index (χ3n) is 2.88. The van der Waals surface area contributed by atoms with Crippen LogP contribution in [0.25, 0.3) is 11.2 Å². The zero-order valence-electron chi connectivity index (χ0n) is 11.3. The van der Waals surface area contributed by atoms with E-state index in [2.05, 4.69) is 19.5 Å². The number of ether oxygens (including phenoxy) is 1. The van der Waals surface area contributed by atoms with Crippen LogP contribution in [0, 0.1) is 0 Å². The van der Waals surface area contributed by atoms with Crippen molar-refractivity contribution in [2.45, 2.75) is 19.1 Å². The summed E-state index contributed by atoms with van der Waals surface area (Å²) in [6.07, 6.45) is 2.92. The minimum absolute atomic E-state index is 0.204. The molecule has 0 aliphatic rings. The smallest absolute Gasteiger partial charge is 0.382 e. The molecule has 0 aromatic carbocycles. The van der Waals surface area contributed by atoms with Crippen molar-refractivity contribution >= 4 is 24.8 Å². The van der Waals surface area contributed by atoms with Gasteiger partial charge in [0.25, 0.3) is 0 Å². The highest BCUT2D eigenvalue weighted by atomic mass is 31.2. The van der Waals surface area contributed by atoms with Crippen LogP contribution in [0.2, 0.25) is 0 Å². The number of anilines is 1. The van der Waals surface area contributed by atoms with E-state index < -0.39 is 13.9 Å². The average molecular weight is 317 g/mol. The predicted molar refractivity (Wildman–Crippen MR) is 73.1 cm³/mol. The van der Waals surface area contributed by atoms with Gasteiger partial charge in [-0.05, 0) is 6.42 Å². The van der Waals surface area contributed by atoms with Gasteiger partial charge in [0, 0.05) is 13.7 Å². The van der Waals surface area contributed by atoms with Gasteiger partial charge in [-0.1, -0.05) is 0 Å². The van der Waals surface area contributed by atoms with Crippen molar-refractivity contribution in [1.82, 2.24) is 19.5 Å². The molecule has 0 radical (unpaired) electrons. The number of nitrogens with two attached hydrogens (primary N) is 1. The molecule has 1 atom stereocenters. The van der Waals surface area contributed by atoms with E-state index >= 15 is 0 Å². The van der Waals surface area contributed by atoms with Crippen LogP contribution in [0.4, 0.5) is 5.82 Å². The molecule has 2 heterocycles. The first kappa shape index (κ1) is 15.8. The Bertz CT molecular complexity index is 656. The molecule has 2 aromatic rings. The zero-order chi connectivity index (χ0) is 15.5. The lowest BCUT2D eigenvalue weighted by molar-refractivity contribution is 0.0377. The number of imidazole rings is 1. The molecular weight excluding hydrogens is 301 g/mol. The van der Waals surface area contributed by atoms with E-state index in [0.717, 1.165) is 0 Å². The Morgan fingerprint density at radius 1 is 1.43 bits per heavy atom. The summed E-state index contributed by atoms with van der Waals surface area (Å²) < 4.78 is 22.0. The zero-order valence-corrected chi connectivity index (χ0v) is 12.2. The molecule has 21 heavy (non-hydrogen) atoms. The van der Waals surface area contributed by atoms with Gasteiger partial charge in [-0.25, -0.2) is 19.5 Å². The molecule has 0 bridgehead atoms. The molecule has 2 aromatic heterocycles. The Balaban J connectivity index is 2.00. The van der Waals surface area contributed by atoms with Crippen molar-refractivity contribution in [2.75, 3.05) is 19.5 Å². The van der Waals surface area contributed by atoms with Crippen LogP contribution in [0.1, 0.15) is 6.42 Å². The molecule has 0 aliphatic carbocycles. The summed E-state index contributed by atoms with van der Waals surface area (Å²) in [7, 11) is -3.05. The maximum absolute atomic E-state index is 10.7. The number of hydrogen-bond acceptors (Lipinski definition) is 7. The minimum Gasteiger partial charge on any atom is -0.382 e. The van der Waals surface area contributed by atoms with Crippen molar-refractivity contribution < 1.29 is 23.6 Å². The van der Waals surface area contributed by atoms with E-state index in [1.165, 1.54) is 13.4 Å². The molecule has 0 fully saturated rings. The number of aromatic nitrogens is 4. The fourth-order valence-corrected chi connectivity index (χ4v) is 2.16. The van der Waals surface area contributed by atoms with Crippen LogP contribution in [-0.2, 0) is 20.4 Å². The second kappa shape index (κ2) is 6.46. The van der Waals surface area contributed by atoms with Gasteiger partial charge in [0.05, 0.1) is 19.0 Å². The van der Waals surface area contributed by atoms with Crippen molar-refractivity contribution in [3.63, 3.8) is 0 Å². The quantitative estimate of drug-likeness (QED) is 0.597. The standard InChI is InChI=1S/C10H16N5O5P/c1-19-7(4-20-21(16,17)18)2-3-15-6-14-8-9(11)12-5-13-10(8)15/h5-7H,2-4H2,1H3,(H2,11,12,13)(H2,16,17,18). The van der Waals surface area contributed by atoms with Gasteiger partial charge in [0.1, 0.15) is 11.8 Å². The minimum atomic E-state index is -4.50. The number of rotatable bonds is 7. The fraction of sp³-hybridized carbons (Fsp3) is 0.500. The average Bonchev–Trinajstić information content (AvgIpc) is 2.83. The van der Waals surface area contributed by atoms with Crippen LogP contribution in [0.3, 0.4) is 0 Å². The summed E-state index contributed by atoms with van der Waals surface area (Å²) >= 11 is 0. The monoisotopic (exact) mass is 317 g/mol. The van der Waals surface area contributed by atoms with Gasteiger partial charge in [0.2, 0.25) is 0 Å². The number of methoxy groups -OCH3 is 1. The van der Waals surface area contributed by atoms with Crippen molar-refractivity contribution in [3.05, 3.63) is 12.7 Å². The van der Waals surface area contributed by atoms with Crippen LogP contribution in [0.5, 0.6) is 0 Å². The lowest BCUT2D eigenvalue weighted by atomic mass is 10.2. The van der Waals surface area contributed by atoms with Gasteiger partial charge in [-0.15, -0.1) is 0 Å². The first-order valence-electron chi connectivity index (χ1n) is 6.05. The highest BCUT2D eigenvalue weighted by Gasteiger charge is 2.18. The second-order valence-corrected chi connectivity index (χ2v) is 5.54. The van der Waals surface area contributed by atoms with Crippen LogP contribution in [-0.4, -0.2) is 49.1 Å². The summed E-state index contributed by atoms with van der Waals surface area (Å²) in [6, 6.07) is 0. The summed E-state index contributed by atoms with van der Waals surface area (Å²) in [6.45, 7) is 0.278. The summed E-state index contributed by atoms with van der Waals surface area (Å²) in [5, 5.41) is 0. The molecule has 4 N–H and O–H groups in total. The summed E-state index contributed by atoms with van der Waals surface area (Å²) in [5.74, 6) is 0.298. The molecule has 2 rings (SSSR count). The Morgan fingerprint density at radius 2 is 2.19 bits per heavy atom. The first-order chi connectivity index (χ1) is 9.90.